The van der Waals surface area contributed by atoms with Crippen molar-refractivity contribution in [3.63, 3.8) is 0 Å². The normalized spacial score (nSPS) is 10.8. The lowest BCUT2D eigenvalue weighted by Gasteiger charge is -2.14. The Labute approximate surface area is 65.7 Å². The summed E-state index contributed by atoms with van der Waals surface area (Å²) in [7, 11) is 0.908. The highest BCUT2D eigenvalue weighted by Crippen LogP contribution is 1.99. The minimum atomic E-state index is 0.0401. The van der Waals surface area contributed by atoms with Crippen molar-refractivity contribution < 1.29 is 9.47 Å². The van der Waals surface area contributed by atoms with Crippen LogP contribution in [0.25, 0.3) is 0 Å². The molecule has 10 heavy (non-hydrogen) atoms. The highest BCUT2D eigenvalue weighted by atomic mass is 28.2. The predicted molar refractivity (Wildman–Crippen MR) is 43.5 cm³/mol. The third kappa shape index (κ3) is 4.96. The minimum Gasteiger partial charge on any atom is -0.353 e. The van der Waals surface area contributed by atoms with Gasteiger partial charge in [0.15, 0.2) is 6.29 Å². The van der Waals surface area contributed by atoms with Gasteiger partial charge in [-0.05, 0) is 19.9 Å². The van der Waals surface area contributed by atoms with Crippen LogP contribution in [0.4, 0.5) is 0 Å². The molecule has 0 aliphatic rings. The maximum Gasteiger partial charge on any atom is 0.154 e. The lowest BCUT2D eigenvalue weighted by atomic mass is 10.7. The van der Waals surface area contributed by atoms with Crippen molar-refractivity contribution in [1.82, 2.24) is 0 Å². The van der Waals surface area contributed by atoms with E-state index in [0.29, 0.717) is 0 Å². The van der Waals surface area contributed by atoms with Gasteiger partial charge in [-0.25, -0.2) is 0 Å². The van der Waals surface area contributed by atoms with Crippen LogP contribution >= 0.6 is 0 Å². The molecule has 2 radical (unpaired) electrons. The van der Waals surface area contributed by atoms with E-state index in [1.165, 1.54) is 0 Å². The van der Waals surface area contributed by atoms with Gasteiger partial charge >= 0.3 is 0 Å². The van der Waals surface area contributed by atoms with Crippen molar-refractivity contribution in [2.24, 2.45) is 0 Å². The zero-order valence-electron chi connectivity index (χ0n) is 7.02. The monoisotopic (exact) mass is 160 g/mol. The second kappa shape index (κ2) is 7.25. The summed E-state index contributed by atoms with van der Waals surface area (Å²) in [6.45, 7) is 7.63. The molecule has 3 heteroatoms. The molecule has 60 valence electrons. The first-order chi connectivity index (χ1) is 4.85. The fourth-order valence-corrected chi connectivity index (χ4v) is 1.27. The maximum atomic E-state index is 5.31. The van der Waals surface area contributed by atoms with E-state index in [1.807, 2.05) is 13.8 Å². The van der Waals surface area contributed by atoms with E-state index in [-0.39, 0.29) is 6.29 Å². The quantitative estimate of drug-likeness (QED) is 0.433. The molecule has 0 aliphatic carbocycles. The Kier molecular flexibility index (Phi) is 7.35. The summed E-state index contributed by atoms with van der Waals surface area (Å²) in [5.41, 5.74) is 0. The largest absolute Gasteiger partial charge is 0.353 e. The summed E-state index contributed by atoms with van der Waals surface area (Å²) in [4.78, 5) is 0. The Morgan fingerprint density at radius 2 is 1.70 bits per heavy atom. The molecule has 0 spiro atoms. The van der Waals surface area contributed by atoms with E-state index in [2.05, 4.69) is 6.55 Å². The maximum absolute atomic E-state index is 5.31. The number of hydrogen-bond donors (Lipinski definition) is 0. The molecule has 0 fully saturated rings. The molecular weight excluding hydrogens is 144 g/mol. The lowest BCUT2D eigenvalue weighted by molar-refractivity contribution is -0.123. The van der Waals surface area contributed by atoms with Crippen LogP contribution in [-0.2, 0) is 9.47 Å². The van der Waals surface area contributed by atoms with Gasteiger partial charge in [0, 0.05) is 22.7 Å². The predicted octanol–water partition coefficient (Wildman–Crippen LogP) is 1.56. The first kappa shape index (κ1) is 10.1. The van der Waals surface area contributed by atoms with Crippen molar-refractivity contribution in [3.8, 4) is 0 Å². The summed E-state index contributed by atoms with van der Waals surface area (Å²) >= 11 is 0. The third-order valence-corrected chi connectivity index (χ3v) is 1.82. The summed E-state index contributed by atoms with van der Waals surface area (Å²) < 4.78 is 10.6. The van der Waals surface area contributed by atoms with Gasteiger partial charge in [0.1, 0.15) is 0 Å². The standard InChI is InChI=1S/C7H16O2Si/c1-4-8-7(6-10-3)9-5-2/h7H,4-6H2,1-3H3. The van der Waals surface area contributed by atoms with E-state index in [0.717, 1.165) is 28.8 Å². The van der Waals surface area contributed by atoms with Crippen molar-refractivity contribution in [2.75, 3.05) is 13.2 Å². The Balaban J connectivity index is 3.30. The minimum absolute atomic E-state index is 0.0401. The molecule has 0 bridgehead atoms. The molecular formula is C7H16O2Si. The van der Waals surface area contributed by atoms with E-state index in [1.54, 1.807) is 0 Å². The Bertz CT molecular complexity index is 54.4. The second-order valence-electron chi connectivity index (χ2n) is 1.90. The molecule has 0 aliphatic heterocycles. The fourth-order valence-electron chi connectivity index (χ4n) is 0.704. The molecule has 0 amide bonds. The number of ether oxygens (including phenoxy) is 2. The van der Waals surface area contributed by atoms with Crippen molar-refractivity contribution in [1.29, 1.82) is 0 Å². The van der Waals surface area contributed by atoms with Crippen molar-refractivity contribution in [3.05, 3.63) is 0 Å². The molecule has 2 nitrogen and oxygen atoms in total. The van der Waals surface area contributed by atoms with E-state index < -0.39 is 0 Å². The fraction of sp³-hybridized carbons (Fsp3) is 1.00. The molecule has 0 saturated carbocycles. The van der Waals surface area contributed by atoms with Gasteiger partial charge in [0.2, 0.25) is 0 Å². The number of hydrogen-bond acceptors (Lipinski definition) is 2. The molecule has 0 atom stereocenters. The van der Waals surface area contributed by atoms with Gasteiger partial charge in [-0.15, -0.1) is 0 Å². The van der Waals surface area contributed by atoms with Gasteiger partial charge in [0.05, 0.1) is 0 Å². The highest BCUT2D eigenvalue weighted by molar-refractivity contribution is 6.33. The molecule has 0 aromatic carbocycles. The van der Waals surface area contributed by atoms with Gasteiger partial charge in [-0.2, -0.15) is 0 Å². The van der Waals surface area contributed by atoms with Crippen molar-refractivity contribution in [2.45, 2.75) is 32.7 Å². The van der Waals surface area contributed by atoms with Crippen LogP contribution in [0.5, 0.6) is 0 Å². The summed E-state index contributed by atoms with van der Waals surface area (Å²) in [5, 5.41) is 0. The zero-order chi connectivity index (χ0) is 7.82. The summed E-state index contributed by atoms with van der Waals surface area (Å²) in [6.07, 6.45) is 0.0401. The lowest BCUT2D eigenvalue weighted by Crippen LogP contribution is -2.18. The Hall–Kier alpha value is 0.137. The van der Waals surface area contributed by atoms with Crippen LogP contribution in [0.15, 0.2) is 0 Å². The molecule has 0 aromatic heterocycles. The number of rotatable bonds is 6. The summed E-state index contributed by atoms with van der Waals surface area (Å²) in [6, 6.07) is 1.03. The van der Waals surface area contributed by atoms with Gasteiger partial charge in [-0.1, -0.05) is 6.55 Å². The van der Waals surface area contributed by atoms with Crippen LogP contribution in [0.3, 0.4) is 0 Å². The molecule has 0 rings (SSSR count). The van der Waals surface area contributed by atoms with Gasteiger partial charge in [-0.3, -0.25) is 0 Å². The topological polar surface area (TPSA) is 18.5 Å². The van der Waals surface area contributed by atoms with E-state index in [9.17, 15) is 0 Å². The molecule has 0 aromatic rings. The Morgan fingerprint density at radius 1 is 1.20 bits per heavy atom. The van der Waals surface area contributed by atoms with Crippen LogP contribution in [0.2, 0.25) is 12.6 Å². The van der Waals surface area contributed by atoms with Crippen LogP contribution in [0, 0.1) is 0 Å². The first-order valence-electron chi connectivity index (χ1n) is 3.72. The van der Waals surface area contributed by atoms with Gasteiger partial charge in [0.25, 0.3) is 0 Å². The van der Waals surface area contributed by atoms with Crippen LogP contribution in [0.1, 0.15) is 13.8 Å². The average molecular weight is 160 g/mol. The van der Waals surface area contributed by atoms with E-state index >= 15 is 0 Å². The second-order valence-corrected chi connectivity index (χ2v) is 3.01. The third-order valence-electron chi connectivity index (χ3n) is 1.08. The van der Waals surface area contributed by atoms with Gasteiger partial charge < -0.3 is 9.47 Å². The summed E-state index contributed by atoms with van der Waals surface area (Å²) in [5.74, 6) is 0. The molecule has 0 unspecified atom stereocenters. The first-order valence-corrected chi connectivity index (χ1v) is 5.43. The van der Waals surface area contributed by atoms with Crippen molar-refractivity contribution >= 4 is 9.52 Å². The van der Waals surface area contributed by atoms with E-state index in [4.69, 9.17) is 9.47 Å². The molecule has 0 N–H and O–H groups in total. The molecule has 0 saturated heterocycles. The smallest absolute Gasteiger partial charge is 0.154 e. The highest BCUT2D eigenvalue weighted by Gasteiger charge is 2.04. The Morgan fingerprint density at radius 3 is 2.00 bits per heavy atom. The zero-order valence-corrected chi connectivity index (χ0v) is 8.02. The average Bonchev–Trinajstić information content (AvgIpc) is 1.90. The van der Waals surface area contributed by atoms with Crippen LogP contribution < -0.4 is 0 Å². The SMILES string of the molecule is CCOC(C[Si]C)OCC. The van der Waals surface area contributed by atoms with Crippen LogP contribution in [-0.4, -0.2) is 29.0 Å². The molecule has 0 heterocycles.